The number of hydrogen-bond acceptors (Lipinski definition) is 3. The zero-order chi connectivity index (χ0) is 12.5. The maximum absolute atomic E-state index is 13.2. The Hall–Kier alpha value is -1.62. The van der Waals surface area contributed by atoms with Crippen molar-refractivity contribution in [2.24, 2.45) is 0 Å². The minimum atomic E-state index is -1.25. The van der Waals surface area contributed by atoms with Crippen LogP contribution in [0, 0.1) is 5.82 Å². The molecule has 0 unspecified atom stereocenters. The maximum atomic E-state index is 13.2. The number of benzene rings is 1. The Labute approximate surface area is 97.6 Å². The second kappa shape index (κ2) is 4.33. The van der Waals surface area contributed by atoms with E-state index in [2.05, 4.69) is 0 Å². The summed E-state index contributed by atoms with van der Waals surface area (Å²) in [4.78, 5) is 11.5. The van der Waals surface area contributed by atoms with Crippen molar-refractivity contribution >= 4 is 5.97 Å². The van der Waals surface area contributed by atoms with E-state index in [-0.39, 0.29) is 24.2 Å². The summed E-state index contributed by atoms with van der Waals surface area (Å²) in [5.41, 5.74) is -1.11. The largest absolute Gasteiger partial charge is 0.508 e. The number of phenols is 1. The Morgan fingerprint density at radius 3 is 2.59 bits per heavy atom. The SMILES string of the molecule is O=C(O)C1(c2cc(F)ccc2O)CCOCC1. The van der Waals surface area contributed by atoms with Gasteiger partial charge < -0.3 is 14.9 Å². The fourth-order valence-corrected chi connectivity index (χ4v) is 2.21. The Morgan fingerprint density at radius 1 is 1.35 bits per heavy atom. The first-order valence-corrected chi connectivity index (χ1v) is 5.36. The standard InChI is InChI=1S/C12H13FO4/c13-8-1-2-10(14)9(7-8)12(11(15)16)3-5-17-6-4-12/h1-2,7,14H,3-6H2,(H,15,16). The van der Waals surface area contributed by atoms with E-state index in [4.69, 9.17) is 4.74 Å². The minimum absolute atomic E-state index is 0.133. The average Bonchev–Trinajstić information content (AvgIpc) is 2.33. The zero-order valence-electron chi connectivity index (χ0n) is 9.15. The molecule has 2 N–H and O–H groups in total. The number of rotatable bonds is 2. The van der Waals surface area contributed by atoms with Crippen LogP contribution in [0.2, 0.25) is 0 Å². The summed E-state index contributed by atoms with van der Waals surface area (Å²) in [5.74, 6) is -1.79. The molecule has 0 saturated carbocycles. The molecule has 1 aromatic rings. The van der Waals surface area contributed by atoms with Gasteiger partial charge in [-0.1, -0.05) is 0 Å². The van der Waals surface area contributed by atoms with E-state index < -0.39 is 17.2 Å². The van der Waals surface area contributed by atoms with Crippen molar-refractivity contribution in [1.82, 2.24) is 0 Å². The molecule has 92 valence electrons. The van der Waals surface area contributed by atoms with E-state index >= 15 is 0 Å². The van der Waals surface area contributed by atoms with Crippen LogP contribution in [0.15, 0.2) is 18.2 Å². The zero-order valence-corrected chi connectivity index (χ0v) is 9.15. The number of carboxylic acid groups (broad SMARTS) is 1. The number of aromatic hydroxyl groups is 1. The number of halogens is 1. The lowest BCUT2D eigenvalue weighted by Gasteiger charge is -2.33. The first-order valence-electron chi connectivity index (χ1n) is 5.36. The quantitative estimate of drug-likeness (QED) is 0.825. The van der Waals surface area contributed by atoms with Crippen molar-refractivity contribution in [2.45, 2.75) is 18.3 Å². The van der Waals surface area contributed by atoms with Gasteiger partial charge in [0.05, 0.1) is 0 Å². The van der Waals surface area contributed by atoms with Crippen LogP contribution < -0.4 is 0 Å². The van der Waals surface area contributed by atoms with Crippen molar-refractivity contribution in [3.8, 4) is 5.75 Å². The summed E-state index contributed by atoms with van der Waals surface area (Å²) >= 11 is 0. The lowest BCUT2D eigenvalue weighted by atomic mass is 9.74. The Bertz CT molecular complexity index is 438. The van der Waals surface area contributed by atoms with Crippen LogP contribution in [-0.4, -0.2) is 29.4 Å². The van der Waals surface area contributed by atoms with Crippen molar-refractivity contribution in [2.75, 3.05) is 13.2 Å². The third-order valence-corrected chi connectivity index (χ3v) is 3.23. The number of hydrogen-bond donors (Lipinski definition) is 2. The van der Waals surface area contributed by atoms with Crippen molar-refractivity contribution < 1.29 is 24.1 Å². The Kier molecular flexibility index (Phi) is 3.02. The van der Waals surface area contributed by atoms with E-state index in [1.807, 2.05) is 0 Å². The molecule has 5 heteroatoms. The van der Waals surface area contributed by atoms with Gasteiger partial charge in [0.25, 0.3) is 0 Å². The fraction of sp³-hybridized carbons (Fsp3) is 0.417. The molecule has 4 nitrogen and oxygen atoms in total. The highest BCUT2D eigenvalue weighted by Gasteiger charge is 2.43. The van der Waals surface area contributed by atoms with Gasteiger partial charge in [0.1, 0.15) is 17.0 Å². The second-order valence-electron chi connectivity index (χ2n) is 4.16. The molecule has 1 aliphatic heterocycles. The van der Waals surface area contributed by atoms with E-state index in [1.54, 1.807) is 0 Å². The molecule has 1 saturated heterocycles. The molecule has 1 aromatic carbocycles. The predicted octanol–water partition coefficient (Wildman–Crippen LogP) is 1.66. The molecule has 0 aliphatic carbocycles. The molecule has 0 amide bonds. The van der Waals surface area contributed by atoms with Crippen molar-refractivity contribution in [3.05, 3.63) is 29.6 Å². The Morgan fingerprint density at radius 2 is 2.00 bits per heavy atom. The third kappa shape index (κ3) is 1.98. The normalized spacial score (nSPS) is 18.9. The average molecular weight is 240 g/mol. The van der Waals surface area contributed by atoms with E-state index in [9.17, 15) is 19.4 Å². The van der Waals surface area contributed by atoms with E-state index in [1.165, 1.54) is 6.07 Å². The highest BCUT2D eigenvalue weighted by Crippen LogP contribution is 2.39. The van der Waals surface area contributed by atoms with Gasteiger partial charge in [0.15, 0.2) is 0 Å². The molecule has 0 atom stereocenters. The molecule has 0 spiro atoms. The molecule has 1 heterocycles. The monoisotopic (exact) mass is 240 g/mol. The third-order valence-electron chi connectivity index (χ3n) is 3.23. The summed E-state index contributed by atoms with van der Waals surface area (Å²) in [7, 11) is 0. The number of carboxylic acids is 1. The molecule has 1 fully saturated rings. The maximum Gasteiger partial charge on any atom is 0.314 e. The lowest BCUT2D eigenvalue weighted by Crippen LogP contribution is -2.41. The highest BCUT2D eigenvalue weighted by atomic mass is 19.1. The van der Waals surface area contributed by atoms with E-state index in [0.29, 0.717) is 13.2 Å². The van der Waals surface area contributed by atoms with Gasteiger partial charge >= 0.3 is 5.97 Å². The van der Waals surface area contributed by atoms with Gasteiger partial charge in [-0.2, -0.15) is 0 Å². The summed E-state index contributed by atoms with van der Waals surface area (Å²) in [6.07, 6.45) is 0.471. The second-order valence-corrected chi connectivity index (χ2v) is 4.16. The minimum Gasteiger partial charge on any atom is -0.508 e. The van der Waals surface area contributed by atoms with Gasteiger partial charge in [0, 0.05) is 18.8 Å². The molecular formula is C12H13FO4. The molecule has 1 aliphatic rings. The fourth-order valence-electron chi connectivity index (χ4n) is 2.21. The number of carbonyl (C=O) groups is 1. The lowest BCUT2D eigenvalue weighted by molar-refractivity contribution is -0.147. The molecule has 0 radical (unpaired) electrons. The van der Waals surface area contributed by atoms with Gasteiger partial charge in [-0.15, -0.1) is 0 Å². The number of ether oxygens (including phenoxy) is 1. The smallest absolute Gasteiger partial charge is 0.314 e. The predicted molar refractivity (Wildman–Crippen MR) is 57.4 cm³/mol. The van der Waals surface area contributed by atoms with Crippen LogP contribution in [0.25, 0.3) is 0 Å². The molecular weight excluding hydrogens is 227 g/mol. The van der Waals surface area contributed by atoms with Crippen LogP contribution in [0.1, 0.15) is 18.4 Å². The van der Waals surface area contributed by atoms with Crippen LogP contribution in [0.3, 0.4) is 0 Å². The first kappa shape index (κ1) is 11.9. The molecule has 0 aromatic heterocycles. The molecule has 0 bridgehead atoms. The number of aliphatic carboxylic acids is 1. The van der Waals surface area contributed by atoms with Crippen LogP contribution in [0.4, 0.5) is 4.39 Å². The van der Waals surface area contributed by atoms with Gasteiger partial charge in [-0.05, 0) is 31.0 Å². The summed E-state index contributed by atoms with van der Waals surface area (Å²) < 4.78 is 18.3. The molecule has 17 heavy (non-hydrogen) atoms. The summed E-state index contributed by atoms with van der Waals surface area (Å²) in [5, 5.41) is 19.1. The van der Waals surface area contributed by atoms with Crippen molar-refractivity contribution in [3.63, 3.8) is 0 Å². The highest BCUT2D eigenvalue weighted by molar-refractivity contribution is 5.82. The van der Waals surface area contributed by atoms with Crippen LogP contribution in [-0.2, 0) is 14.9 Å². The van der Waals surface area contributed by atoms with Gasteiger partial charge in [-0.25, -0.2) is 4.39 Å². The Balaban J connectivity index is 2.52. The topological polar surface area (TPSA) is 66.8 Å². The summed E-state index contributed by atoms with van der Waals surface area (Å²) in [6.45, 7) is 0.588. The van der Waals surface area contributed by atoms with Crippen molar-refractivity contribution in [1.29, 1.82) is 0 Å². The summed E-state index contributed by atoms with van der Waals surface area (Å²) in [6, 6.07) is 3.38. The number of phenolic OH excluding ortho intramolecular Hbond substituents is 1. The molecule has 2 rings (SSSR count). The van der Waals surface area contributed by atoms with Crippen LogP contribution >= 0.6 is 0 Å². The van der Waals surface area contributed by atoms with Gasteiger partial charge in [-0.3, -0.25) is 4.79 Å². The van der Waals surface area contributed by atoms with E-state index in [0.717, 1.165) is 12.1 Å². The first-order chi connectivity index (χ1) is 8.06. The van der Waals surface area contributed by atoms with Gasteiger partial charge in [0.2, 0.25) is 0 Å². The van der Waals surface area contributed by atoms with Crippen LogP contribution in [0.5, 0.6) is 5.75 Å².